The van der Waals surface area contributed by atoms with Crippen LogP contribution < -0.4 is 16.7 Å². The number of hydrogen-bond acceptors (Lipinski definition) is 5. The Hall–Kier alpha value is -1.63. The number of nitrogens with two attached hydrogens (primary N) is 1. The van der Waals surface area contributed by atoms with Crippen molar-refractivity contribution in [3.05, 3.63) is 17.4 Å². The fourth-order valence-corrected chi connectivity index (χ4v) is 1.94. The lowest BCUT2D eigenvalue weighted by atomic mass is 9.90. The number of halogens is 1. The fourth-order valence-electron chi connectivity index (χ4n) is 1.94. The summed E-state index contributed by atoms with van der Waals surface area (Å²) in [5, 5.41) is 19.6. The minimum atomic E-state index is -1.05. The highest BCUT2D eigenvalue weighted by atomic mass is 19.1. The molecule has 2 rings (SSSR count). The smallest absolute Gasteiger partial charge is 0.257 e. The molecule has 6 nitrogen and oxygen atoms in total. The maximum atomic E-state index is 13.7. The quantitative estimate of drug-likeness (QED) is 0.490. The predicted octanol–water partition coefficient (Wildman–Crippen LogP) is -0.403. The van der Waals surface area contributed by atoms with Gasteiger partial charge in [-0.2, -0.15) is 0 Å². The van der Waals surface area contributed by atoms with E-state index in [1.54, 1.807) is 0 Å². The van der Waals surface area contributed by atoms with Crippen LogP contribution in [0.1, 0.15) is 17.9 Å². The van der Waals surface area contributed by atoms with Crippen molar-refractivity contribution >= 4 is 5.82 Å². The number of piperidine rings is 1. The molecular weight excluding hydrogens is 213 g/mol. The summed E-state index contributed by atoms with van der Waals surface area (Å²) in [5.74, 6) is -0.373. The van der Waals surface area contributed by atoms with Crippen molar-refractivity contribution in [2.75, 3.05) is 18.8 Å². The van der Waals surface area contributed by atoms with Crippen LogP contribution in [-0.2, 0) is 0 Å². The average Bonchev–Trinajstić information content (AvgIpc) is 2.28. The molecule has 1 aromatic rings. The van der Waals surface area contributed by atoms with Gasteiger partial charge in [0.15, 0.2) is 0 Å². The van der Waals surface area contributed by atoms with E-state index in [1.165, 1.54) is 6.20 Å². The molecule has 88 valence electrons. The van der Waals surface area contributed by atoms with E-state index in [2.05, 4.69) is 10.3 Å². The Bertz CT molecular complexity index is 446. The van der Waals surface area contributed by atoms with Gasteiger partial charge in [-0.1, -0.05) is 0 Å². The van der Waals surface area contributed by atoms with Gasteiger partial charge in [-0.15, -0.1) is 4.73 Å². The number of rotatable bonds is 1. The summed E-state index contributed by atoms with van der Waals surface area (Å²) in [5.41, 5.74) is 5.75. The van der Waals surface area contributed by atoms with Crippen molar-refractivity contribution in [3.8, 4) is 0 Å². The van der Waals surface area contributed by atoms with Gasteiger partial charge in [-0.25, -0.2) is 9.37 Å². The summed E-state index contributed by atoms with van der Waals surface area (Å²) in [4.78, 5) is 3.66. The van der Waals surface area contributed by atoms with E-state index in [9.17, 15) is 9.60 Å². The third-order valence-electron chi connectivity index (χ3n) is 2.86. The average molecular weight is 227 g/mol. The molecule has 0 aliphatic carbocycles. The summed E-state index contributed by atoms with van der Waals surface area (Å²) in [7, 11) is 0. The number of nitrogen functional groups attached to an aromatic ring is 1. The highest BCUT2D eigenvalue weighted by Crippen LogP contribution is 2.29. The van der Waals surface area contributed by atoms with Crippen LogP contribution in [0.15, 0.2) is 6.20 Å². The zero-order chi connectivity index (χ0) is 11.7. The highest BCUT2D eigenvalue weighted by molar-refractivity contribution is 5.41. The van der Waals surface area contributed by atoms with E-state index >= 15 is 0 Å². The van der Waals surface area contributed by atoms with E-state index in [0.717, 1.165) is 0 Å². The van der Waals surface area contributed by atoms with Gasteiger partial charge in [0.05, 0.1) is 0 Å². The van der Waals surface area contributed by atoms with Crippen molar-refractivity contribution in [2.24, 2.45) is 0 Å². The summed E-state index contributed by atoms with van der Waals surface area (Å²) in [6, 6.07) is 0. The molecule has 7 heteroatoms. The van der Waals surface area contributed by atoms with E-state index in [-0.39, 0.29) is 23.9 Å². The highest BCUT2D eigenvalue weighted by Gasteiger charge is 2.28. The second-order valence-corrected chi connectivity index (χ2v) is 3.85. The molecule has 0 amide bonds. The first kappa shape index (κ1) is 10.9. The molecule has 2 heterocycles. The van der Waals surface area contributed by atoms with E-state index in [0.29, 0.717) is 23.3 Å². The minimum absolute atomic E-state index is 0.00505. The molecular formula is C9H14FN5O. The lowest BCUT2D eigenvalue weighted by Gasteiger charge is -2.27. The molecule has 1 aliphatic rings. The number of alkyl halides is 1. The first-order valence-corrected chi connectivity index (χ1v) is 5.07. The van der Waals surface area contributed by atoms with Crippen LogP contribution >= 0.6 is 0 Å². The van der Waals surface area contributed by atoms with Crippen molar-refractivity contribution in [1.29, 1.82) is 5.41 Å². The van der Waals surface area contributed by atoms with Crippen molar-refractivity contribution in [3.63, 3.8) is 0 Å². The van der Waals surface area contributed by atoms with Crippen LogP contribution in [0, 0.1) is 5.41 Å². The molecule has 2 atom stereocenters. The molecule has 0 saturated carbocycles. The lowest BCUT2D eigenvalue weighted by molar-refractivity contribution is 0.167. The standard InChI is InChI=1S/C9H14FN5O/c10-7-4-13-2-1-5(7)6-3-14-9(12)15(16)8(6)11/h3,5,7,12-13,16H,1-2,4,11H2. The predicted molar refractivity (Wildman–Crippen MR) is 54.8 cm³/mol. The molecule has 1 aliphatic heterocycles. The summed E-state index contributed by atoms with van der Waals surface area (Å²) < 4.78 is 14.1. The Balaban J connectivity index is 2.40. The maximum Gasteiger partial charge on any atom is 0.257 e. The second-order valence-electron chi connectivity index (χ2n) is 3.85. The Morgan fingerprint density at radius 1 is 1.69 bits per heavy atom. The number of aromatic nitrogens is 2. The zero-order valence-corrected chi connectivity index (χ0v) is 8.65. The Morgan fingerprint density at radius 2 is 2.44 bits per heavy atom. The first-order chi connectivity index (χ1) is 7.61. The van der Waals surface area contributed by atoms with Crippen LogP contribution in [0.25, 0.3) is 0 Å². The number of anilines is 1. The van der Waals surface area contributed by atoms with Gasteiger partial charge in [0.25, 0.3) is 5.62 Å². The zero-order valence-electron chi connectivity index (χ0n) is 8.65. The summed E-state index contributed by atoms with van der Waals surface area (Å²) >= 11 is 0. The Kier molecular flexibility index (Phi) is 2.78. The van der Waals surface area contributed by atoms with Gasteiger partial charge >= 0.3 is 0 Å². The topological polar surface area (TPSA) is 100.0 Å². The molecule has 1 saturated heterocycles. The molecule has 0 aromatic carbocycles. The maximum absolute atomic E-state index is 13.7. The molecule has 1 aromatic heterocycles. The molecule has 1 fully saturated rings. The SMILES string of the molecule is N=c1ncc(C2CCNCC2F)c(N)n1O. The van der Waals surface area contributed by atoms with Gasteiger partial charge in [0.1, 0.15) is 12.0 Å². The Labute approximate surface area is 91.4 Å². The third-order valence-corrected chi connectivity index (χ3v) is 2.86. The lowest BCUT2D eigenvalue weighted by Crippen LogP contribution is -2.38. The van der Waals surface area contributed by atoms with Crippen molar-refractivity contribution in [2.45, 2.75) is 18.5 Å². The van der Waals surface area contributed by atoms with Crippen LogP contribution in [0.2, 0.25) is 0 Å². The van der Waals surface area contributed by atoms with Gasteiger partial charge in [-0.05, 0) is 13.0 Å². The van der Waals surface area contributed by atoms with Crippen LogP contribution in [0.4, 0.5) is 10.2 Å². The molecule has 0 bridgehead atoms. The fraction of sp³-hybridized carbons (Fsp3) is 0.556. The molecule has 5 N–H and O–H groups in total. The number of nitrogens with one attached hydrogen (secondary N) is 2. The van der Waals surface area contributed by atoms with Gasteiger partial charge < -0.3 is 16.3 Å². The monoisotopic (exact) mass is 227 g/mol. The molecule has 2 unspecified atom stereocenters. The van der Waals surface area contributed by atoms with Crippen LogP contribution in [0.3, 0.4) is 0 Å². The second kappa shape index (κ2) is 4.09. The largest absolute Gasteiger partial charge is 0.423 e. The summed E-state index contributed by atoms with van der Waals surface area (Å²) in [6.07, 6.45) is 0.923. The minimum Gasteiger partial charge on any atom is -0.423 e. The molecule has 0 radical (unpaired) electrons. The van der Waals surface area contributed by atoms with Crippen LogP contribution in [-0.4, -0.2) is 34.2 Å². The normalized spacial score (nSPS) is 25.6. The van der Waals surface area contributed by atoms with Gasteiger partial charge in [0.2, 0.25) is 0 Å². The Morgan fingerprint density at radius 3 is 3.12 bits per heavy atom. The van der Waals surface area contributed by atoms with E-state index < -0.39 is 6.17 Å². The van der Waals surface area contributed by atoms with Crippen molar-refractivity contribution < 1.29 is 9.60 Å². The molecule has 0 spiro atoms. The van der Waals surface area contributed by atoms with E-state index in [1.807, 2.05) is 0 Å². The summed E-state index contributed by atoms with van der Waals surface area (Å²) in [6.45, 7) is 0.983. The van der Waals surface area contributed by atoms with Gasteiger partial charge in [-0.3, -0.25) is 5.41 Å². The van der Waals surface area contributed by atoms with Crippen molar-refractivity contribution in [1.82, 2.24) is 15.0 Å². The number of hydrogen-bond donors (Lipinski definition) is 4. The van der Waals surface area contributed by atoms with Gasteiger partial charge in [0, 0.05) is 24.2 Å². The molecule has 16 heavy (non-hydrogen) atoms. The van der Waals surface area contributed by atoms with E-state index in [4.69, 9.17) is 11.1 Å². The first-order valence-electron chi connectivity index (χ1n) is 5.07. The third kappa shape index (κ3) is 1.73. The van der Waals surface area contributed by atoms with Crippen LogP contribution in [0.5, 0.6) is 0 Å². The number of nitrogens with zero attached hydrogens (tertiary/aromatic N) is 2.